The number of carbonyl (C=O) groups excluding carboxylic acids is 1. The van der Waals surface area contributed by atoms with Gasteiger partial charge in [0.05, 0.1) is 0 Å². The number of likely N-dealkylation sites (N-methyl/N-ethyl adjacent to an activating group) is 1. The van der Waals surface area contributed by atoms with Crippen molar-refractivity contribution in [3.8, 4) is 0 Å². The van der Waals surface area contributed by atoms with Gasteiger partial charge in [-0.05, 0) is 25.1 Å². The highest BCUT2D eigenvalue weighted by Crippen LogP contribution is 2.09. The second-order valence-corrected chi connectivity index (χ2v) is 2.87. The lowest BCUT2D eigenvalue weighted by Crippen LogP contribution is -2.27. The Morgan fingerprint density at radius 2 is 2.50 bits per heavy atom. The Kier molecular flexibility index (Phi) is 2.46. The second kappa shape index (κ2) is 3.17. The van der Waals surface area contributed by atoms with Gasteiger partial charge in [0.15, 0.2) is 0 Å². The molecule has 3 heteroatoms. The number of hydrogen-bond donors (Lipinski definition) is 0. The van der Waals surface area contributed by atoms with Crippen molar-refractivity contribution in [2.45, 2.75) is 6.42 Å². The molecule has 0 radical (unpaired) electrons. The quantitative estimate of drug-likeness (QED) is 0.533. The molecule has 0 bridgehead atoms. The molecule has 1 aliphatic rings. The third-order valence-corrected chi connectivity index (χ3v) is 1.84. The van der Waals surface area contributed by atoms with Gasteiger partial charge in [0.1, 0.15) is 0 Å². The summed E-state index contributed by atoms with van der Waals surface area (Å²) in [5.74, 6) is 0. The Balaban J connectivity index is 2.60. The van der Waals surface area contributed by atoms with Crippen molar-refractivity contribution in [1.29, 1.82) is 0 Å². The van der Waals surface area contributed by atoms with E-state index in [1.54, 1.807) is 0 Å². The molecule has 0 amide bonds. The van der Waals surface area contributed by atoms with Crippen molar-refractivity contribution in [2.75, 3.05) is 20.1 Å². The van der Waals surface area contributed by atoms with Crippen molar-refractivity contribution in [3.05, 3.63) is 11.6 Å². The van der Waals surface area contributed by atoms with Crippen LogP contribution in [0.3, 0.4) is 0 Å². The molecule has 0 unspecified atom stereocenters. The van der Waals surface area contributed by atoms with Gasteiger partial charge < -0.3 is 4.90 Å². The maximum absolute atomic E-state index is 10.6. The van der Waals surface area contributed by atoms with E-state index in [1.165, 1.54) is 0 Å². The predicted octanol–water partition coefficient (Wildman–Crippen LogP) is 1.01. The summed E-state index contributed by atoms with van der Waals surface area (Å²) < 4.78 is 0. The molecule has 56 valence electrons. The summed E-state index contributed by atoms with van der Waals surface area (Å²) in [7, 11) is 1.98. The SMILES string of the molecule is CN1CCC=C(C(=O)Cl)C1. The topological polar surface area (TPSA) is 20.3 Å². The lowest BCUT2D eigenvalue weighted by Gasteiger charge is -2.20. The largest absolute Gasteiger partial charge is 0.302 e. The summed E-state index contributed by atoms with van der Waals surface area (Å²) in [6.45, 7) is 1.72. The Labute approximate surface area is 65.5 Å². The average molecular weight is 160 g/mol. The van der Waals surface area contributed by atoms with E-state index >= 15 is 0 Å². The second-order valence-electron chi connectivity index (χ2n) is 2.53. The Morgan fingerprint density at radius 3 is 2.90 bits per heavy atom. The fraction of sp³-hybridized carbons (Fsp3) is 0.571. The zero-order chi connectivity index (χ0) is 7.56. The van der Waals surface area contributed by atoms with E-state index in [2.05, 4.69) is 4.90 Å². The standard InChI is InChI=1S/C7H10ClNO/c1-9-4-2-3-6(5-9)7(8)10/h3H,2,4-5H2,1H3. The van der Waals surface area contributed by atoms with Gasteiger partial charge in [0.2, 0.25) is 5.24 Å². The molecule has 0 aromatic heterocycles. The smallest absolute Gasteiger partial charge is 0.249 e. The summed E-state index contributed by atoms with van der Waals surface area (Å²) in [6.07, 6.45) is 2.85. The molecule has 0 aliphatic carbocycles. The van der Waals surface area contributed by atoms with Crippen LogP contribution in [0.4, 0.5) is 0 Å². The molecule has 0 fully saturated rings. The monoisotopic (exact) mass is 159 g/mol. The van der Waals surface area contributed by atoms with Crippen molar-refractivity contribution in [1.82, 2.24) is 4.90 Å². The van der Waals surface area contributed by atoms with E-state index in [-0.39, 0.29) is 5.24 Å². The molecule has 1 rings (SSSR count). The summed E-state index contributed by atoms with van der Waals surface area (Å²) in [5.41, 5.74) is 0.732. The molecule has 0 saturated heterocycles. The van der Waals surface area contributed by atoms with Crippen LogP contribution in [0, 0.1) is 0 Å². The van der Waals surface area contributed by atoms with Gasteiger partial charge in [-0.2, -0.15) is 0 Å². The van der Waals surface area contributed by atoms with Crippen LogP contribution in [-0.4, -0.2) is 30.3 Å². The van der Waals surface area contributed by atoms with Crippen molar-refractivity contribution >= 4 is 16.8 Å². The maximum atomic E-state index is 10.6. The van der Waals surface area contributed by atoms with Crippen LogP contribution in [0.1, 0.15) is 6.42 Å². The minimum Gasteiger partial charge on any atom is -0.302 e. The third-order valence-electron chi connectivity index (χ3n) is 1.59. The molecule has 0 N–H and O–H groups in total. The molecule has 0 aromatic carbocycles. The predicted molar refractivity (Wildman–Crippen MR) is 41.1 cm³/mol. The average Bonchev–Trinajstić information content (AvgIpc) is 1.88. The van der Waals surface area contributed by atoms with Crippen LogP contribution < -0.4 is 0 Å². The number of rotatable bonds is 1. The van der Waals surface area contributed by atoms with E-state index in [9.17, 15) is 4.79 Å². The lowest BCUT2D eigenvalue weighted by molar-refractivity contribution is -0.108. The van der Waals surface area contributed by atoms with Crippen LogP contribution in [0.15, 0.2) is 11.6 Å². The van der Waals surface area contributed by atoms with Gasteiger partial charge in [-0.1, -0.05) is 6.08 Å². The summed E-state index contributed by atoms with van der Waals surface area (Å²) in [5, 5.41) is -0.313. The third kappa shape index (κ3) is 1.82. The summed E-state index contributed by atoms with van der Waals surface area (Å²) in [6, 6.07) is 0. The number of halogens is 1. The number of carbonyl (C=O) groups is 1. The first-order valence-corrected chi connectivity index (χ1v) is 3.65. The van der Waals surface area contributed by atoms with Crippen LogP contribution in [0.5, 0.6) is 0 Å². The molecule has 1 heterocycles. The molecule has 1 aliphatic heterocycles. The maximum Gasteiger partial charge on any atom is 0.249 e. The zero-order valence-electron chi connectivity index (χ0n) is 5.93. The van der Waals surface area contributed by atoms with E-state index in [1.807, 2.05) is 13.1 Å². The van der Waals surface area contributed by atoms with E-state index in [4.69, 9.17) is 11.6 Å². The molecular formula is C7H10ClNO. The minimum atomic E-state index is -0.313. The molecule has 2 nitrogen and oxygen atoms in total. The first-order chi connectivity index (χ1) is 4.70. The highest BCUT2D eigenvalue weighted by molar-refractivity contribution is 6.67. The van der Waals surface area contributed by atoms with E-state index in [0.717, 1.165) is 18.5 Å². The lowest BCUT2D eigenvalue weighted by atomic mass is 10.1. The van der Waals surface area contributed by atoms with Gasteiger partial charge >= 0.3 is 0 Å². The minimum absolute atomic E-state index is 0.313. The van der Waals surface area contributed by atoms with Gasteiger partial charge in [0, 0.05) is 18.7 Å². The Hall–Kier alpha value is -0.340. The van der Waals surface area contributed by atoms with Crippen molar-refractivity contribution in [3.63, 3.8) is 0 Å². The van der Waals surface area contributed by atoms with Crippen LogP contribution in [0.2, 0.25) is 0 Å². The van der Waals surface area contributed by atoms with Crippen molar-refractivity contribution in [2.24, 2.45) is 0 Å². The molecule has 10 heavy (non-hydrogen) atoms. The van der Waals surface area contributed by atoms with Gasteiger partial charge in [0.25, 0.3) is 0 Å². The van der Waals surface area contributed by atoms with Crippen LogP contribution in [0.25, 0.3) is 0 Å². The first kappa shape index (κ1) is 7.76. The molecule has 0 saturated carbocycles. The summed E-state index contributed by atoms with van der Waals surface area (Å²) >= 11 is 5.29. The normalized spacial score (nSPS) is 20.4. The van der Waals surface area contributed by atoms with Crippen LogP contribution in [-0.2, 0) is 4.79 Å². The highest BCUT2D eigenvalue weighted by Gasteiger charge is 2.12. The molecule has 0 spiro atoms. The Morgan fingerprint density at radius 1 is 1.80 bits per heavy atom. The molecular weight excluding hydrogens is 150 g/mol. The van der Waals surface area contributed by atoms with E-state index in [0.29, 0.717) is 6.54 Å². The van der Waals surface area contributed by atoms with Gasteiger partial charge in [-0.3, -0.25) is 4.79 Å². The number of hydrogen-bond acceptors (Lipinski definition) is 2. The number of nitrogens with zero attached hydrogens (tertiary/aromatic N) is 1. The fourth-order valence-corrected chi connectivity index (χ4v) is 1.17. The fourth-order valence-electron chi connectivity index (χ4n) is 1.04. The van der Waals surface area contributed by atoms with E-state index < -0.39 is 0 Å². The Bertz CT molecular complexity index is 176. The molecule has 0 atom stereocenters. The van der Waals surface area contributed by atoms with Gasteiger partial charge in [-0.15, -0.1) is 0 Å². The first-order valence-electron chi connectivity index (χ1n) is 3.27. The van der Waals surface area contributed by atoms with Crippen LogP contribution >= 0.6 is 11.6 Å². The highest BCUT2D eigenvalue weighted by atomic mass is 35.5. The van der Waals surface area contributed by atoms with Gasteiger partial charge in [-0.25, -0.2) is 0 Å². The van der Waals surface area contributed by atoms with Crippen molar-refractivity contribution < 1.29 is 4.79 Å². The summed E-state index contributed by atoms with van der Waals surface area (Å²) in [4.78, 5) is 12.7. The zero-order valence-corrected chi connectivity index (χ0v) is 6.69. The molecule has 0 aromatic rings.